The van der Waals surface area contributed by atoms with E-state index in [9.17, 15) is 9.90 Å². The minimum atomic E-state index is -0.175. The molecule has 5 nitrogen and oxygen atoms in total. The summed E-state index contributed by atoms with van der Waals surface area (Å²) in [7, 11) is 0. The number of amides is 1. The number of aliphatic hydroxyl groups excluding tert-OH is 1. The quantitative estimate of drug-likeness (QED) is 0.872. The highest BCUT2D eigenvalue weighted by Gasteiger charge is 2.18. The van der Waals surface area contributed by atoms with E-state index in [1.165, 1.54) is 6.42 Å². The Hall–Kier alpha value is -1.46. The van der Waals surface area contributed by atoms with Crippen LogP contribution in [0.3, 0.4) is 0 Å². The highest BCUT2D eigenvalue weighted by Crippen LogP contribution is 2.33. The molecule has 1 heterocycles. The average Bonchev–Trinajstić information content (AvgIpc) is 2.55. The number of benzene rings is 1. The lowest BCUT2D eigenvalue weighted by Crippen LogP contribution is -2.38. The van der Waals surface area contributed by atoms with Crippen LogP contribution in [0, 0.1) is 0 Å². The van der Waals surface area contributed by atoms with Crippen LogP contribution >= 0.6 is 11.6 Å². The number of likely N-dealkylation sites (tertiary alicyclic amines) is 1. The second kappa shape index (κ2) is 8.25. The molecule has 122 valence electrons. The van der Waals surface area contributed by atoms with Gasteiger partial charge in [0.2, 0.25) is 0 Å². The zero-order chi connectivity index (χ0) is 15.9. The second-order valence-electron chi connectivity index (χ2n) is 5.21. The molecule has 1 fully saturated rings. The predicted octanol–water partition coefficient (Wildman–Crippen LogP) is 2.62. The molecule has 0 unspecified atom stereocenters. The monoisotopic (exact) mass is 327 g/mol. The van der Waals surface area contributed by atoms with Gasteiger partial charge in [0.15, 0.2) is 18.1 Å². The van der Waals surface area contributed by atoms with Crippen molar-refractivity contribution in [3.05, 3.63) is 22.7 Å². The van der Waals surface area contributed by atoms with Crippen LogP contribution in [-0.4, -0.2) is 42.2 Å². The van der Waals surface area contributed by atoms with Crippen LogP contribution in [0.1, 0.15) is 31.7 Å². The fourth-order valence-corrected chi connectivity index (χ4v) is 2.67. The van der Waals surface area contributed by atoms with E-state index in [4.69, 9.17) is 21.1 Å². The second-order valence-corrected chi connectivity index (χ2v) is 5.62. The zero-order valence-electron chi connectivity index (χ0n) is 12.8. The van der Waals surface area contributed by atoms with Gasteiger partial charge in [0.1, 0.15) is 0 Å². The summed E-state index contributed by atoms with van der Waals surface area (Å²) >= 11 is 6.07. The van der Waals surface area contributed by atoms with Crippen LogP contribution in [-0.2, 0) is 11.4 Å². The molecule has 0 spiro atoms. The summed E-state index contributed by atoms with van der Waals surface area (Å²) in [6.07, 6.45) is 3.28. The van der Waals surface area contributed by atoms with Gasteiger partial charge in [-0.3, -0.25) is 4.79 Å². The number of ether oxygens (including phenoxy) is 2. The first-order chi connectivity index (χ1) is 10.7. The number of nitrogens with zero attached hydrogens (tertiary/aromatic N) is 1. The normalized spacial score (nSPS) is 14.8. The third kappa shape index (κ3) is 4.27. The molecule has 1 aliphatic rings. The third-order valence-corrected chi connectivity index (χ3v) is 3.99. The molecule has 2 rings (SSSR count). The van der Waals surface area contributed by atoms with E-state index in [-0.39, 0.29) is 19.1 Å². The van der Waals surface area contributed by atoms with Crippen molar-refractivity contribution in [3.63, 3.8) is 0 Å². The number of carbonyl (C=O) groups excluding carboxylic acids is 1. The average molecular weight is 328 g/mol. The molecular formula is C16H22ClNO4. The van der Waals surface area contributed by atoms with E-state index in [1.54, 1.807) is 12.1 Å². The Balaban J connectivity index is 2.04. The van der Waals surface area contributed by atoms with Crippen molar-refractivity contribution in [1.82, 2.24) is 4.90 Å². The Morgan fingerprint density at radius 1 is 1.23 bits per heavy atom. The number of hydrogen-bond acceptors (Lipinski definition) is 4. The topological polar surface area (TPSA) is 59.0 Å². The first kappa shape index (κ1) is 16.9. The molecule has 1 aromatic carbocycles. The maximum Gasteiger partial charge on any atom is 0.260 e. The number of rotatable bonds is 6. The summed E-state index contributed by atoms with van der Waals surface area (Å²) in [5.74, 6) is 0.890. The van der Waals surface area contributed by atoms with Gasteiger partial charge in [-0.1, -0.05) is 11.6 Å². The van der Waals surface area contributed by atoms with Crippen LogP contribution in [0.4, 0.5) is 0 Å². The number of carbonyl (C=O) groups is 1. The molecule has 22 heavy (non-hydrogen) atoms. The van der Waals surface area contributed by atoms with E-state index in [1.807, 2.05) is 11.8 Å². The molecule has 0 atom stereocenters. The molecule has 0 saturated carbocycles. The van der Waals surface area contributed by atoms with Crippen LogP contribution in [0.25, 0.3) is 0 Å². The number of hydrogen-bond donors (Lipinski definition) is 1. The van der Waals surface area contributed by atoms with E-state index >= 15 is 0 Å². The SMILES string of the molecule is CCOc1cc(CO)c(Cl)cc1OCC(=O)N1CCCCC1. The summed E-state index contributed by atoms with van der Waals surface area (Å²) in [4.78, 5) is 14.0. The van der Waals surface area contributed by atoms with E-state index in [0.717, 1.165) is 25.9 Å². The smallest absolute Gasteiger partial charge is 0.260 e. The number of halogens is 1. The zero-order valence-corrected chi connectivity index (χ0v) is 13.6. The van der Waals surface area contributed by atoms with Gasteiger partial charge < -0.3 is 19.5 Å². The molecule has 0 radical (unpaired) electrons. The fourth-order valence-electron chi connectivity index (χ4n) is 2.45. The van der Waals surface area contributed by atoms with E-state index in [2.05, 4.69) is 0 Å². The lowest BCUT2D eigenvalue weighted by atomic mass is 10.1. The van der Waals surface area contributed by atoms with E-state index in [0.29, 0.717) is 28.7 Å². The van der Waals surface area contributed by atoms with Gasteiger partial charge >= 0.3 is 0 Å². The van der Waals surface area contributed by atoms with Crippen LogP contribution in [0.15, 0.2) is 12.1 Å². The Morgan fingerprint density at radius 2 is 1.91 bits per heavy atom. The van der Waals surface area contributed by atoms with Crippen molar-refractivity contribution >= 4 is 17.5 Å². The first-order valence-electron chi connectivity index (χ1n) is 7.62. The maximum absolute atomic E-state index is 12.1. The van der Waals surface area contributed by atoms with E-state index < -0.39 is 0 Å². The van der Waals surface area contributed by atoms with Gasteiger partial charge in [-0.05, 0) is 37.8 Å². The summed E-state index contributed by atoms with van der Waals surface area (Å²) in [6, 6.07) is 3.23. The fraction of sp³-hybridized carbons (Fsp3) is 0.562. The highest BCUT2D eigenvalue weighted by molar-refractivity contribution is 6.31. The largest absolute Gasteiger partial charge is 0.490 e. The van der Waals surface area contributed by atoms with Crippen molar-refractivity contribution in [2.75, 3.05) is 26.3 Å². The first-order valence-corrected chi connectivity index (χ1v) is 8.00. The Bertz CT molecular complexity index is 515. The van der Waals surface area contributed by atoms with Gasteiger partial charge in [0, 0.05) is 19.2 Å². The van der Waals surface area contributed by atoms with Crippen molar-refractivity contribution < 1.29 is 19.4 Å². The third-order valence-electron chi connectivity index (χ3n) is 3.64. The minimum absolute atomic E-state index is 0.0236. The molecule has 6 heteroatoms. The number of aliphatic hydroxyl groups is 1. The maximum atomic E-state index is 12.1. The minimum Gasteiger partial charge on any atom is -0.490 e. The molecule has 1 aliphatic heterocycles. The van der Waals surface area contributed by atoms with Crippen LogP contribution < -0.4 is 9.47 Å². The summed E-state index contributed by atoms with van der Waals surface area (Å²) in [5.41, 5.74) is 0.569. The van der Waals surface area contributed by atoms with Crippen molar-refractivity contribution in [3.8, 4) is 11.5 Å². The molecule has 0 aromatic heterocycles. The molecule has 0 aliphatic carbocycles. The molecule has 0 bridgehead atoms. The Morgan fingerprint density at radius 3 is 2.55 bits per heavy atom. The van der Waals surface area contributed by atoms with Crippen LogP contribution in [0.2, 0.25) is 5.02 Å². The Kier molecular flexibility index (Phi) is 6.34. The van der Waals surface area contributed by atoms with Crippen molar-refractivity contribution in [2.45, 2.75) is 32.8 Å². The van der Waals surface area contributed by atoms with Crippen LogP contribution in [0.5, 0.6) is 11.5 Å². The standard InChI is InChI=1S/C16H22ClNO4/c1-2-21-14-8-12(10-19)13(17)9-15(14)22-11-16(20)18-6-4-3-5-7-18/h8-9,19H,2-7,10-11H2,1H3. The van der Waals surface area contributed by atoms with Crippen molar-refractivity contribution in [2.24, 2.45) is 0 Å². The summed E-state index contributed by atoms with van der Waals surface area (Å²) in [5, 5.41) is 9.64. The lowest BCUT2D eigenvalue weighted by molar-refractivity contribution is -0.134. The van der Waals surface area contributed by atoms with Gasteiger partial charge in [0.25, 0.3) is 5.91 Å². The highest BCUT2D eigenvalue weighted by atomic mass is 35.5. The lowest BCUT2D eigenvalue weighted by Gasteiger charge is -2.26. The van der Waals surface area contributed by atoms with Gasteiger partial charge in [-0.2, -0.15) is 0 Å². The van der Waals surface area contributed by atoms with Gasteiger partial charge in [-0.25, -0.2) is 0 Å². The van der Waals surface area contributed by atoms with Gasteiger partial charge in [-0.15, -0.1) is 0 Å². The van der Waals surface area contributed by atoms with Gasteiger partial charge in [0.05, 0.1) is 18.2 Å². The molecule has 1 amide bonds. The molecule has 1 N–H and O–H groups in total. The van der Waals surface area contributed by atoms with Crippen molar-refractivity contribution in [1.29, 1.82) is 0 Å². The molecular weight excluding hydrogens is 306 g/mol. The Labute approximate surface area is 135 Å². The predicted molar refractivity (Wildman–Crippen MR) is 84.5 cm³/mol. The molecule has 1 aromatic rings. The molecule has 1 saturated heterocycles. The summed E-state index contributed by atoms with van der Waals surface area (Å²) in [6.45, 7) is 3.70. The number of piperidine rings is 1. The summed E-state index contributed by atoms with van der Waals surface area (Å²) < 4.78 is 11.1.